The van der Waals surface area contributed by atoms with Gasteiger partial charge in [-0.05, 0) is 30.5 Å². The zero-order valence-electron chi connectivity index (χ0n) is 12.1. The standard InChI is InChI=1S/C16H25NO2/c1-3-4-5-6-13-17-16(18)12-9-14-7-10-15(19-2)11-8-14/h7-8,10-11H,3-6,9,12-13H2,1-2H3,(H,17,18). The number of aryl methyl sites for hydroxylation is 1. The molecule has 3 nitrogen and oxygen atoms in total. The van der Waals surface area contributed by atoms with E-state index in [-0.39, 0.29) is 5.91 Å². The first-order valence-corrected chi connectivity index (χ1v) is 7.16. The average molecular weight is 263 g/mol. The molecule has 1 aromatic carbocycles. The minimum absolute atomic E-state index is 0.146. The molecule has 1 N–H and O–H groups in total. The van der Waals surface area contributed by atoms with E-state index >= 15 is 0 Å². The number of hydrogen-bond acceptors (Lipinski definition) is 2. The van der Waals surface area contributed by atoms with Crippen molar-refractivity contribution in [2.24, 2.45) is 0 Å². The Morgan fingerprint density at radius 3 is 2.53 bits per heavy atom. The van der Waals surface area contributed by atoms with Crippen LogP contribution in [0.25, 0.3) is 0 Å². The summed E-state index contributed by atoms with van der Waals surface area (Å²) in [5.41, 5.74) is 1.17. The van der Waals surface area contributed by atoms with Crippen molar-refractivity contribution in [3.05, 3.63) is 29.8 Å². The van der Waals surface area contributed by atoms with E-state index in [4.69, 9.17) is 4.74 Å². The normalized spacial score (nSPS) is 10.2. The van der Waals surface area contributed by atoms with Crippen LogP contribution in [0.2, 0.25) is 0 Å². The molecule has 3 heteroatoms. The maximum absolute atomic E-state index is 11.6. The van der Waals surface area contributed by atoms with Gasteiger partial charge in [-0.25, -0.2) is 0 Å². The summed E-state index contributed by atoms with van der Waals surface area (Å²) in [5.74, 6) is 0.997. The first-order chi connectivity index (χ1) is 9.26. The minimum atomic E-state index is 0.146. The Labute approximate surface area is 116 Å². The lowest BCUT2D eigenvalue weighted by atomic mass is 10.1. The number of amides is 1. The van der Waals surface area contributed by atoms with Gasteiger partial charge in [0.1, 0.15) is 5.75 Å². The first kappa shape index (κ1) is 15.5. The summed E-state index contributed by atoms with van der Waals surface area (Å²) in [6.07, 6.45) is 6.11. The lowest BCUT2D eigenvalue weighted by Gasteiger charge is -2.06. The van der Waals surface area contributed by atoms with Gasteiger partial charge in [-0.3, -0.25) is 4.79 Å². The quantitative estimate of drug-likeness (QED) is 0.694. The minimum Gasteiger partial charge on any atom is -0.497 e. The van der Waals surface area contributed by atoms with E-state index in [1.54, 1.807) is 7.11 Å². The topological polar surface area (TPSA) is 38.3 Å². The molecule has 0 saturated carbocycles. The highest BCUT2D eigenvalue weighted by atomic mass is 16.5. The molecule has 0 heterocycles. The highest BCUT2D eigenvalue weighted by molar-refractivity contribution is 5.76. The molecule has 0 bridgehead atoms. The summed E-state index contributed by atoms with van der Waals surface area (Å²) in [7, 11) is 1.65. The summed E-state index contributed by atoms with van der Waals surface area (Å²) in [4.78, 5) is 11.6. The third kappa shape index (κ3) is 6.85. The van der Waals surface area contributed by atoms with Crippen LogP contribution in [0.3, 0.4) is 0 Å². The summed E-state index contributed by atoms with van der Waals surface area (Å²) in [6, 6.07) is 7.87. The molecule has 106 valence electrons. The van der Waals surface area contributed by atoms with Gasteiger partial charge in [0.25, 0.3) is 0 Å². The van der Waals surface area contributed by atoms with E-state index in [0.717, 1.165) is 25.1 Å². The Hall–Kier alpha value is -1.51. The van der Waals surface area contributed by atoms with Crippen LogP contribution >= 0.6 is 0 Å². The fourth-order valence-electron chi connectivity index (χ4n) is 1.92. The van der Waals surface area contributed by atoms with E-state index in [1.807, 2.05) is 24.3 Å². The average Bonchev–Trinajstić information content (AvgIpc) is 2.45. The van der Waals surface area contributed by atoms with Crippen molar-refractivity contribution in [1.29, 1.82) is 0 Å². The van der Waals surface area contributed by atoms with Gasteiger partial charge in [-0.1, -0.05) is 38.3 Å². The van der Waals surface area contributed by atoms with Crippen molar-refractivity contribution >= 4 is 5.91 Å². The molecule has 0 aliphatic carbocycles. The molecule has 0 spiro atoms. The molecule has 0 aromatic heterocycles. The molecule has 0 atom stereocenters. The largest absolute Gasteiger partial charge is 0.497 e. The van der Waals surface area contributed by atoms with E-state index in [9.17, 15) is 4.79 Å². The number of ether oxygens (including phenoxy) is 1. The van der Waals surface area contributed by atoms with Gasteiger partial charge in [0.15, 0.2) is 0 Å². The molecule has 0 aliphatic rings. The van der Waals surface area contributed by atoms with Crippen molar-refractivity contribution in [3.8, 4) is 5.75 Å². The number of methoxy groups -OCH3 is 1. The second kappa shape index (κ2) is 9.42. The highest BCUT2D eigenvalue weighted by Crippen LogP contribution is 2.12. The van der Waals surface area contributed by atoms with Crippen molar-refractivity contribution in [3.63, 3.8) is 0 Å². The zero-order valence-corrected chi connectivity index (χ0v) is 12.1. The van der Waals surface area contributed by atoms with Gasteiger partial charge in [-0.15, -0.1) is 0 Å². The van der Waals surface area contributed by atoms with E-state index in [2.05, 4.69) is 12.2 Å². The number of rotatable bonds is 9. The van der Waals surface area contributed by atoms with E-state index < -0.39 is 0 Å². The Morgan fingerprint density at radius 1 is 1.16 bits per heavy atom. The molecular formula is C16H25NO2. The van der Waals surface area contributed by atoms with Crippen LogP contribution in [0.5, 0.6) is 5.75 Å². The molecule has 0 fully saturated rings. The smallest absolute Gasteiger partial charge is 0.220 e. The Kier molecular flexibility index (Phi) is 7.71. The SMILES string of the molecule is CCCCCCNC(=O)CCc1ccc(OC)cc1. The summed E-state index contributed by atoms with van der Waals surface area (Å²) < 4.78 is 5.10. The van der Waals surface area contributed by atoms with Crippen molar-refractivity contribution < 1.29 is 9.53 Å². The molecule has 0 unspecified atom stereocenters. The third-order valence-corrected chi connectivity index (χ3v) is 3.15. The number of nitrogens with one attached hydrogen (secondary N) is 1. The maximum Gasteiger partial charge on any atom is 0.220 e. The first-order valence-electron chi connectivity index (χ1n) is 7.16. The van der Waals surface area contributed by atoms with Crippen LogP contribution in [0, 0.1) is 0 Å². The number of carbonyl (C=O) groups excluding carboxylic acids is 1. The van der Waals surface area contributed by atoms with Crippen molar-refractivity contribution in [2.45, 2.75) is 45.4 Å². The summed E-state index contributed by atoms with van der Waals surface area (Å²) >= 11 is 0. The second-order valence-electron chi connectivity index (χ2n) is 4.76. The Balaban J connectivity index is 2.15. The number of hydrogen-bond donors (Lipinski definition) is 1. The van der Waals surface area contributed by atoms with Gasteiger partial charge < -0.3 is 10.1 Å². The molecule has 0 saturated heterocycles. The fraction of sp³-hybridized carbons (Fsp3) is 0.562. The van der Waals surface area contributed by atoms with Gasteiger partial charge in [0.2, 0.25) is 5.91 Å². The number of unbranched alkanes of at least 4 members (excludes halogenated alkanes) is 3. The number of benzene rings is 1. The van der Waals surface area contributed by atoms with Crippen LogP contribution in [-0.4, -0.2) is 19.6 Å². The number of carbonyl (C=O) groups is 1. The van der Waals surface area contributed by atoms with Crippen LogP contribution in [0.4, 0.5) is 0 Å². The molecule has 1 rings (SSSR count). The van der Waals surface area contributed by atoms with Crippen molar-refractivity contribution in [1.82, 2.24) is 5.32 Å². The third-order valence-electron chi connectivity index (χ3n) is 3.15. The lowest BCUT2D eigenvalue weighted by Crippen LogP contribution is -2.24. The maximum atomic E-state index is 11.6. The highest BCUT2D eigenvalue weighted by Gasteiger charge is 2.02. The van der Waals surface area contributed by atoms with E-state index in [0.29, 0.717) is 6.42 Å². The molecule has 19 heavy (non-hydrogen) atoms. The van der Waals surface area contributed by atoms with Gasteiger partial charge in [0, 0.05) is 13.0 Å². The van der Waals surface area contributed by atoms with Crippen LogP contribution < -0.4 is 10.1 Å². The predicted molar refractivity (Wildman–Crippen MR) is 78.5 cm³/mol. The van der Waals surface area contributed by atoms with Gasteiger partial charge in [-0.2, -0.15) is 0 Å². The Morgan fingerprint density at radius 2 is 1.89 bits per heavy atom. The Bertz CT molecular complexity index is 360. The van der Waals surface area contributed by atoms with Gasteiger partial charge >= 0.3 is 0 Å². The molecule has 0 radical (unpaired) electrons. The molecule has 0 aliphatic heterocycles. The fourth-order valence-corrected chi connectivity index (χ4v) is 1.92. The van der Waals surface area contributed by atoms with Crippen LogP contribution in [-0.2, 0) is 11.2 Å². The summed E-state index contributed by atoms with van der Waals surface area (Å²) in [6.45, 7) is 2.99. The second-order valence-corrected chi connectivity index (χ2v) is 4.76. The van der Waals surface area contributed by atoms with E-state index in [1.165, 1.54) is 24.8 Å². The predicted octanol–water partition coefficient (Wildman–Crippen LogP) is 3.32. The lowest BCUT2D eigenvalue weighted by molar-refractivity contribution is -0.121. The zero-order chi connectivity index (χ0) is 13.9. The van der Waals surface area contributed by atoms with Gasteiger partial charge in [0.05, 0.1) is 7.11 Å². The molecule has 1 amide bonds. The van der Waals surface area contributed by atoms with Crippen molar-refractivity contribution in [2.75, 3.05) is 13.7 Å². The summed E-state index contributed by atoms with van der Waals surface area (Å²) in [5, 5.41) is 2.97. The molecular weight excluding hydrogens is 238 g/mol. The van der Waals surface area contributed by atoms with Crippen LogP contribution in [0.1, 0.15) is 44.6 Å². The monoisotopic (exact) mass is 263 g/mol. The van der Waals surface area contributed by atoms with Crippen LogP contribution in [0.15, 0.2) is 24.3 Å². The molecule has 1 aromatic rings.